The van der Waals surface area contributed by atoms with E-state index in [-0.39, 0.29) is 35.2 Å². The molecular weight excluding hydrogens is 278 g/mol. The molecule has 114 valence electrons. The van der Waals surface area contributed by atoms with Crippen molar-refractivity contribution in [2.24, 2.45) is 11.3 Å². The summed E-state index contributed by atoms with van der Waals surface area (Å²) >= 11 is 0. The van der Waals surface area contributed by atoms with E-state index in [2.05, 4.69) is 9.71 Å². The lowest BCUT2D eigenvalue weighted by Gasteiger charge is -2.24. The van der Waals surface area contributed by atoms with Crippen LogP contribution in [0.15, 0.2) is 23.2 Å². The summed E-state index contributed by atoms with van der Waals surface area (Å²) in [6.45, 7) is 6.28. The van der Waals surface area contributed by atoms with Crippen LogP contribution in [0.3, 0.4) is 0 Å². The molecule has 0 aliphatic heterocycles. The smallest absolute Gasteiger partial charge is 0.240 e. The third-order valence-electron chi connectivity index (χ3n) is 2.78. The fraction of sp³-hybridized carbons (Fsp3) is 0.615. The van der Waals surface area contributed by atoms with Gasteiger partial charge in [0.25, 0.3) is 0 Å². The summed E-state index contributed by atoms with van der Waals surface area (Å²) in [6.07, 6.45) is 2.08. The van der Waals surface area contributed by atoms with Gasteiger partial charge < -0.3 is 10.8 Å². The molecule has 1 atom stereocenters. The van der Waals surface area contributed by atoms with Crippen molar-refractivity contribution in [2.45, 2.75) is 32.1 Å². The Morgan fingerprint density at radius 1 is 1.45 bits per heavy atom. The fourth-order valence-electron chi connectivity index (χ4n) is 1.97. The zero-order chi connectivity index (χ0) is 15.4. The largest absolute Gasteiger partial charge is 0.396 e. The molecule has 0 fully saturated rings. The second-order valence-electron chi connectivity index (χ2n) is 6.08. The van der Waals surface area contributed by atoms with Gasteiger partial charge >= 0.3 is 0 Å². The first-order chi connectivity index (χ1) is 9.14. The first-order valence-corrected chi connectivity index (χ1v) is 7.94. The van der Waals surface area contributed by atoms with Crippen molar-refractivity contribution in [3.05, 3.63) is 18.3 Å². The first kappa shape index (κ1) is 16.9. The molecule has 7 heteroatoms. The van der Waals surface area contributed by atoms with Crippen LogP contribution >= 0.6 is 0 Å². The van der Waals surface area contributed by atoms with Crippen LogP contribution in [-0.4, -0.2) is 31.7 Å². The summed E-state index contributed by atoms with van der Waals surface area (Å²) in [5.74, 6) is 0.0326. The van der Waals surface area contributed by atoms with Gasteiger partial charge in [-0.15, -0.1) is 0 Å². The number of aromatic nitrogens is 1. The maximum absolute atomic E-state index is 12.1. The molecule has 0 saturated carbocycles. The highest BCUT2D eigenvalue weighted by Gasteiger charge is 2.21. The van der Waals surface area contributed by atoms with Gasteiger partial charge in [0.2, 0.25) is 10.0 Å². The number of nitrogen functional groups attached to an aromatic ring is 1. The molecule has 0 aliphatic carbocycles. The topological polar surface area (TPSA) is 105 Å². The van der Waals surface area contributed by atoms with Crippen LogP contribution in [0.4, 0.5) is 5.82 Å². The third-order valence-corrected chi connectivity index (χ3v) is 4.21. The quantitative estimate of drug-likeness (QED) is 0.726. The van der Waals surface area contributed by atoms with Crippen molar-refractivity contribution in [2.75, 3.05) is 18.9 Å². The van der Waals surface area contributed by atoms with E-state index < -0.39 is 10.0 Å². The minimum absolute atomic E-state index is 0.0277. The van der Waals surface area contributed by atoms with Crippen LogP contribution in [-0.2, 0) is 10.0 Å². The minimum Gasteiger partial charge on any atom is -0.396 e. The van der Waals surface area contributed by atoms with Crippen molar-refractivity contribution >= 4 is 15.8 Å². The number of aliphatic hydroxyl groups is 1. The number of sulfonamides is 1. The van der Waals surface area contributed by atoms with Gasteiger partial charge in [-0.2, -0.15) is 0 Å². The lowest BCUT2D eigenvalue weighted by atomic mass is 9.85. The van der Waals surface area contributed by atoms with Gasteiger partial charge in [0, 0.05) is 25.4 Å². The molecule has 1 aromatic rings. The van der Waals surface area contributed by atoms with Crippen LogP contribution in [0.25, 0.3) is 0 Å². The zero-order valence-corrected chi connectivity index (χ0v) is 12.9. The Bertz CT molecular complexity index is 538. The van der Waals surface area contributed by atoms with E-state index in [0.717, 1.165) is 6.42 Å². The zero-order valence-electron chi connectivity index (χ0n) is 12.1. The number of pyridine rings is 1. The van der Waals surface area contributed by atoms with Crippen LogP contribution < -0.4 is 10.5 Å². The molecule has 0 saturated heterocycles. The number of hydrogen-bond donors (Lipinski definition) is 3. The Hall–Kier alpha value is -1.18. The molecule has 0 radical (unpaired) electrons. The second kappa shape index (κ2) is 6.51. The van der Waals surface area contributed by atoms with Gasteiger partial charge in [-0.25, -0.2) is 18.1 Å². The number of nitrogens with one attached hydrogen (secondary N) is 1. The number of aliphatic hydroxyl groups excluding tert-OH is 1. The number of hydrogen-bond acceptors (Lipinski definition) is 5. The number of anilines is 1. The van der Waals surface area contributed by atoms with Crippen LogP contribution in [0, 0.1) is 11.3 Å². The lowest BCUT2D eigenvalue weighted by molar-refractivity contribution is 0.180. The summed E-state index contributed by atoms with van der Waals surface area (Å²) in [4.78, 5) is 3.84. The Kier molecular flexibility index (Phi) is 5.50. The van der Waals surface area contributed by atoms with E-state index in [0.29, 0.717) is 0 Å². The van der Waals surface area contributed by atoms with E-state index in [1.807, 2.05) is 20.8 Å². The van der Waals surface area contributed by atoms with Crippen LogP contribution in [0.2, 0.25) is 0 Å². The molecule has 20 heavy (non-hydrogen) atoms. The highest BCUT2D eigenvalue weighted by atomic mass is 32.2. The van der Waals surface area contributed by atoms with Crippen molar-refractivity contribution in [1.82, 2.24) is 9.71 Å². The number of nitrogens with zero attached hydrogens (tertiary/aromatic N) is 1. The van der Waals surface area contributed by atoms with Crippen molar-refractivity contribution in [1.29, 1.82) is 0 Å². The molecule has 0 spiro atoms. The highest BCUT2D eigenvalue weighted by Crippen LogP contribution is 2.24. The average molecular weight is 301 g/mol. The number of rotatable bonds is 6. The highest BCUT2D eigenvalue weighted by molar-refractivity contribution is 7.89. The van der Waals surface area contributed by atoms with Gasteiger partial charge in [-0.05, 0) is 23.8 Å². The predicted molar refractivity (Wildman–Crippen MR) is 78.5 cm³/mol. The monoisotopic (exact) mass is 301 g/mol. The molecule has 0 amide bonds. The third kappa shape index (κ3) is 5.44. The summed E-state index contributed by atoms with van der Waals surface area (Å²) in [7, 11) is -3.62. The molecular formula is C13H23N3O3S. The summed E-state index contributed by atoms with van der Waals surface area (Å²) in [5, 5.41) is 9.34. The molecule has 1 heterocycles. The molecule has 6 nitrogen and oxygen atoms in total. The van der Waals surface area contributed by atoms with E-state index in [1.165, 1.54) is 18.3 Å². The fourth-order valence-corrected chi connectivity index (χ4v) is 3.11. The average Bonchev–Trinajstić information content (AvgIpc) is 2.33. The summed E-state index contributed by atoms with van der Waals surface area (Å²) < 4.78 is 26.7. The van der Waals surface area contributed by atoms with Gasteiger partial charge in [-0.3, -0.25) is 0 Å². The first-order valence-electron chi connectivity index (χ1n) is 6.46. The Morgan fingerprint density at radius 2 is 2.10 bits per heavy atom. The van der Waals surface area contributed by atoms with Crippen LogP contribution in [0.5, 0.6) is 0 Å². The maximum Gasteiger partial charge on any atom is 0.240 e. The van der Waals surface area contributed by atoms with Gasteiger partial charge in [0.05, 0.1) is 4.90 Å². The lowest BCUT2D eigenvalue weighted by Crippen LogP contribution is -2.32. The van der Waals surface area contributed by atoms with Gasteiger partial charge in [0.15, 0.2) is 0 Å². The van der Waals surface area contributed by atoms with E-state index >= 15 is 0 Å². The standard InChI is InChI=1S/C13H23N3O3S/c1-13(2,3)7-10(9-17)8-16-20(18,19)11-4-5-15-12(14)6-11/h4-6,10,16-17H,7-9H2,1-3H3,(H2,14,15). The summed E-state index contributed by atoms with van der Waals surface area (Å²) in [5.41, 5.74) is 5.51. The van der Waals surface area contributed by atoms with E-state index in [4.69, 9.17) is 5.73 Å². The van der Waals surface area contributed by atoms with Crippen molar-refractivity contribution < 1.29 is 13.5 Å². The van der Waals surface area contributed by atoms with Crippen molar-refractivity contribution in [3.8, 4) is 0 Å². The molecule has 0 bridgehead atoms. The molecule has 0 aliphatic rings. The minimum atomic E-state index is -3.62. The molecule has 1 aromatic heterocycles. The Morgan fingerprint density at radius 3 is 2.60 bits per heavy atom. The Balaban J connectivity index is 2.72. The Labute approximate surface area is 120 Å². The molecule has 0 aromatic carbocycles. The van der Waals surface area contributed by atoms with Crippen molar-refractivity contribution in [3.63, 3.8) is 0 Å². The predicted octanol–water partition coefficient (Wildman–Crippen LogP) is 0.987. The maximum atomic E-state index is 12.1. The summed E-state index contributed by atoms with van der Waals surface area (Å²) in [6, 6.07) is 2.69. The van der Waals surface area contributed by atoms with E-state index in [9.17, 15) is 13.5 Å². The van der Waals surface area contributed by atoms with E-state index in [1.54, 1.807) is 0 Å². The SMILES string of the molecule is CC(C)(C)CC(CO)CNS(=O)(=O)c1ccnc(N)c1. The van der Waals surface area contributed by atoms with Gasteiger partial charge in [0.1, 0.15) is 5.82 Å². The number of nitrogens with two attached hydrogens (primary N) is 1. The van der Waals surface area contributed by atoms with Crippen LogP contribution in [0.1, 0.15) is 27.2 Å². The second-order valence-corrected chi connectivity index (χ2v) is 7.85. The molecule has 1 rings (SSSR count). The normalized spacial score (nSPS) is 14.2. The molecule has 4 N–H and O–H groups in total. The van der Waals surface area contributed by atoms with Gasteiger partial charge in [-0.1, -0.05) is 20.8 Å². The molecule has 1 unspecified atom stereocenters.